The fraction of sp³-hybridized carbons (Fsp3) is 0.261. The van der Waals surface area contributed by atoms with Crippen LogP contribution < -0.4 is 5.73 Å². The number of hydrogen-bond donors (Lipinski definition) is 1. The Morgan fingerprint density at radius 2 is 1.86 bits per heavy atom. The lowest BCUT2D eigenvalue weighted by atomic mass is 9.97. The second kappa shape index (κ2) is 7.08. The third kappa shape index (κ3) is 3.03. The molecule has 0 saturated heterocycles. The van der Waals surface area contributed by atoms with Gasteiger partial charge in [-0.15, -0.1) is 0 Å². The maximum atomic E-state index is 6.19. The average molecular weight is 371 g/mol. The minimum Gasteiger partial charge on any atom is -0.383 e. The van der Waals surface area contributed by atoms with Crippen LogP contribution in [0.15, 0.2) is 49.3 Å². The quantitative estimate of drug-likeness (QED) is 0.494. The molecule has 0 amide bonds. The zero-order valence-corrected chi connectivity index (χ0v) is 16.6. The van der Waals surface area contributed by atoms with Gasteiger partial charge in [-0.25, -0.2) is 14.6 Å². The minimum atomic E-state index is 0.179. The molecule has 28 heavy (non-hydrogen) atoms. The number of anilines is 1. The van der Waals surface area contributed by atoms with E-state index in [-0.39, 0.29) is 6.04 Å². The van der Waals surface area contributed by atoms with Crippen molar-refractivity contribution in [1.82, 2.24) is 19.7 Å². The second-order valence-corrected chi connectivity index (χ2v) is 7.47. The normalized spacial score (nSPS) is 11.6. The van der Waals surface area contributed by atoms with E-state index in [1.165, 1.54) is 22.9 Å². The molecule has 0 aliphatic rings. The zero-order chi connectivity index (χ0) is 19.8. The van der Waals surface area contributed by atoms with Crippen molar-refractivity contribution in [2.75, 3.05) is 5.73 Å². The molecule has 0 aliphatic heterocycles. The van der Waals surface area contributed by atoms with Crippen molar-refractivity contribution in [3.8, 4) is 11.3 Å². The summed E-state index contributed by atoms with van der Waals surface area (Å²) in [6.07, 6.45) is 3.61. The van der Waals surface area contributed by atoms with Crippen LogP contribution in [0.2, 0.25) is 0 Å². The minimum absolute atomic E-state index is 0.179. The highest BCUT2D eigenvalue weighted by Crippen LogP contribution is 2.33. The molecular formula is C23H25N5. The number of nitrogens with zero attached hydrogens (tertiary/aromatic N) is 4. The molecule has 142 valence electrons. The van der Waals surface area contributed by atoms with Crippen molar-refractivity contribution >= 4 is 33.2 Å². The largest absolute Gasteiger partial charge is 0.383 e. The molecule has 4 rings (SSSR count). The maximum Gasteiger partial charge on any atom is 0.164 e. The molecule has 0 fully saturated rings. The van der Waals surface area contributed by atoms with E-state index in [9.17, 15) is 0 Å². The molecular weight excluding hydrogens is 346 g/mol. The van der Waals surface area contributed by atoms with Crippen LogP contribution >= 0.6 is 0 Å². The van der Waals surface area contributed by atoms with E-state index in [2.05, 4.69) is 73.7 Å². The first-order valence-electron chi connectivity index (χ1n) is 9.70. The smallest absolute Gasteiger partial charge is 0.164 e. The van der Waals surface area contributed by atoms with E-state index in [0.29, 0.717) is 5.82 Å². The Morgan fingerprint density at radius 3 is 2.61 bits per heavy atom. The van der Waals surface area contributed by atoms with Crippen LogP contribution in [0.25, 0.3) is 38.6 Å². The molecule has 5 nitrogen and oxygen atoms in total. The van der Waals surface area contributed by atoms with Gasteiger partial charge in [-0.3, -0.25) is 0 Å². The number of rotatable bonds is 5. The van der Waals surface area contributed by atoms with Crippen molar-refractivity contribution < 1.29 is 0 Å². The molecule has 0 saturated carbocycles. The van der Waals surface area contributed by atoms with Gasteiger partial charge >= 0.3 is 0 Å². The molecule has 2 aromatic heterocycles. The van der Waals surface area contributed by atoms with Crippen LogP contribution in [-0.4, -0.2) is 19.7 Å². The van der Waals surface area contributed by atoms with Gasteiger partial charge in [0, 0.05) is 11.6 Å². The molecule has 2 heterocycles. The van der Waals surface area contributed by atoms with Gasteiger partial charge < -0.3 is 5.73 Å². The summed E-state index contributed by atoms with van der Waals surface area (Å²) < 4.78 is 1.91. The van der Waals surface area contributed by atoms with Gasteiger partial charge in [-0.2, -0.15) is 5.10 Å². The summed E-state index contributed by atoms with van der Waals surface area (Å²) in [5.41, 5.74) is 11.2. The van der Waals surface area contributed by atoms with Crippen LogP contribution in [-0.2, 0) is 0 Å². The zero-order valence-electron chi connectivity index (χ0n) is 16.6. The maximum absolute atomic E-state index is 6.19. The van der Waals surface area contributed by atoms with Crippen LogP contribution in [0.3, 0.4) is 0 Å². The first-order chi connectivity index (χ1) is 13.5. The summed E-state index contributed by atoms with van der Waals surface area (Å²) in [4.78, 5) is 8.60. The van der Waals surface area contributed by atoms with Crippen molar-refractivity contribution in [2.45, 2.75) is 39.7 Å². The lowest BCUT2D eigenvalue weighted by Gasteiger charge is -2.08. The average Bonchev–Trinajstić information content (AvgIpc) is 3.09. The number of nitrogens with two attached hydrogens (primary N) is 1. The highest BCUT2D eigenvalue weighted by molar-refractivity contribution is 6.00. The molecule has 4 aromatic rings. The highest BCUT2D eigenvalue weighted by Gasteiger charge is 2.18. The molecule has 5 heteroatoms. The molecule has 0 unspecified atom stereocenters. The number of hydrogen-bond acceptors (Lipinski definition) is 4. The third-order valence-electron chi connectivity index (χ3n) is 5.08. The van der Waals surface area contributed by atoms with Crippen LogP contribution in [0.4, 0.5) is 5.82 Å². The number of nitrogen functional groups attached to an aromatic ring is 1. The highest BCUT2D eigenvalue weighted by atomic mass is 15.3. The fourth-order valence-corrected chi connectivity index (χ4v) is 3.62. The monoisotopic (exact) mass is 371 g/mol. The lowest BCUT2D eigenvalue weighted by Crippen LogP contribution is -2.04. The van der Waals surface area contributed by atoms with Crippen molar-refractivity contribution in [3.05, 3.63) is 54.9 Å². The first-order valence-corrected chi connectivity index (χ1v) is 9.70. The molecule has 2 N–H and O–H groups in total. The molecule has 0 spiro atoms. The van der Waals surface area contributed by atoms with Crippen molar-refractivity contribution in [3.63, 3.8) is 0 Å². The SMILES string of the molecule is C=C(CCC)c1ccc2cc(-c3nn(C(C)C)c4ncnc(N)c34)ccc2c1. The summed E-state index contributed by atoms with van der Waals surface area (Å²) in [7, 11) is 0. The van der Waals surface area contributed by atoms with Gasteiger partial charge in [0.2, 0.25) is 0 Å². The predicted octanol–water partition coefficient (Wildman–Crippen LogP) is 5.62. The molecule has 2 aromatic carbocycles. The Hall–Kier alpha value is -3.21. The van der Waals surface area contributed by atoms with Crippen LogP contribution in [0, 0.1) is 0 Å². The number of benzene rings is 2. The molecule has 0 atom stereocenters. The summed E-state index contributed by atoms with van der Waals surface area (Å²) >= 11 is 0. The Balaban J connectivity index is 1.86. The van der Waals surface area contributed by atoms with E-state index in [4.69, 9.17) is 10.8 Å². The first kappa shape index (κ1) is 18.2. The van der Waals surface area contributed by atoms with E-state index in [0.717, 1.165) is 40.5 Å². The van der Waals surface area contributed by atoms with Gasteiger partial charge in [-0.05, 0) is 54.3 Å². The topological polar surface area (TPSA) is 69.6 Å². The number of fused-ring (bicyclic) bond motifs is 2. The van der Waals surface area contributed by atoms with Gasteiger partial charge in [0.05, 0.1) is 5.39 Å². The second-order valence-electron chi connectivity index (χ2n) is 7.47. The Labute approximate surface area is 164 Å². The van der Waals surface area contributed by atoms with E-state index in [1.807, 2.05) is 4.68 Å². The van der Waals surface area contributed by atoms with Gasteiger partial charge in [-0.1, -0.05) is 44.2 Å². The van der Waals surface area contributed by atoms with E-state index in [1.54, 1.807) is 0 Å². The predicted molar refractivity (Wildman–Crippen MR) is 117 cm³/mol. The Morgan fingerprint density at radius 1 is 1.11 bits per heavy atom. The third-order valence-corrected chi connectivity index (χ3v) is 5.08. The summed E-state index contributed by atoms with van der Waals surface area (Å²) in [6.45, 7) is 10.6. The standard InChI is InChI=1S/C23H25N5/c1-5-6-15(4)16-7-8-18-12-19(10-9-17(18)11-16)21-20-22(24)25-13-26-23(20)28(27-21)14(2)3/h7-14H,4-6H2,1-3H3,(H2,24,25,26). The lowest BCUT2D eigenvalue weighted by molar-refractivity contribution is 0.548. The Bertz CT molecular complexity index is 1190. The number of allylic oxidation sites excluding steroid dienone is 1. The summed E-state index contributed by atoms with van der Waals surface area (Å²) in [5.74, 6) is 0.457. The van der Waals surface area contributed by atoms with Gasteiger partial charge in [0.25, 0.3) is 0 Å². The molecule has 0 aliphatic carbocycles. The van der Waals surface area contributed by atoms with E-state index >= 15 is 0 Å². The van der Waals surface area contributed by atoms with Crippen LogP contribution in [0.1, 0.15) is 45.2 Å². The van der Waals surface area contributed by atoms with Crippen LogP contribution in [0.5, 0.6) is 0 Å². The van der Waals surface area contributed by atoms with E-state index < -0.39 is 0 Å². The van der Waals surface area contributed by atoms with Gasteiger partial charge in [0.15, 0.2) is 5.65 Å². The Kier molecular flexibility index (Phi) is 4.59. The fourth-order valence-electron chi connectivity index (χ4n) is 3.62. The van der Waals surface area contributed by atoms with Gasteiger partial charge in [0.1, 0.15) is 17.8 Å². The van der Waals surface area contributed by atoms with Crippen molar-refractivity contribution in [1.29, 1.82) is 0 Å². The summed E-state index contributed by atoms with van der Waals surface area (Å²) in [5, 5.41) is 7.98. The summed E-state index contributed by atoms with van der Waals surface area (Å²) in [6, 6.07) is 13.1. The van der Waals surface area contributed by atoms with Crippen molar-refractivity contribution in [2.24, 2.45) is 0 Å². The molecule has 0 bridgehead atoms. The molecule has 0 radical (unpaired) electrons. The number of aromatic nitrogens is 4.